The van der Waals surface area contributed by atoms with Crippen LogP contribution in [-0.2, 0) is 9.53 Å². The second kappa shape index (κ2) is 7.09. The van der Waals surface area contributed by atoms with Crippen LogP contribution in [0.2, 0.25) is 0 Å². The highest BCUT2D eigenvalue weighted by Crippen LogP contribution is 2.19. The summed E-state index contributed by atoms with van der Waals surface area (Å²) in [6.45, 7) is 0.235. The lowest BCUT2D eigenvalue weighted by Crippen LogP contribution is -2.22. The molecule has 1 rings (SSSR count). The Morgan fingerprint density at radius 3 is 2.25 bits per heavy atom. The molecule has 90 valence electrons. The molecule has 0 saturated heterocycles. The van der Waals surface area contributed by atoms with Gasteiger partial charge in [0.2, 0.25) is 0 Å². The lowest BCUT2D eigenvalue weighted by molar-refractivity contribution is -0.142. The maximum Gasteiger partial charge on any atom is 0.314 e. The molecule has 2 N–H and O–H groups in total. The van der Waals surface area contributed by atoms with Gasteiger partial charge in [-0.05, 0) is 17.7 Å². The standard InChI is InChI=1S/C11H15NO3.ClH/c1-14-9-5-3-8(4-6-9)10(7-12)11(13)15-2;/h3-6,10H,7,12H2,1-2H3;1H. The molecule has 1 aromatic rings. The van der Waals surface area contributed by atoms with Gasteiger partial charge in [0.25, 0.3) is 0 Å². The molecule has 0 aliphatic carbocycles. The Kier molecular flexibility index (Phi) is 6.53. The quantitative estimate of drug-likeness (QED) is 0.813. The first-order valence-electron chi connectivity index (χ1n) is 4.64. The first kappa shape index (κ1) is 14.7. The summed E-state index contributed by atoms with van der Waals surface area (Å²) in [6.07, 6.45) is 0. The van der Waals surface area contributed by atoms with Gasteiger partial charge in [0.1, 0.15) is 5.75 Å². The van der Waals surface area contributed by atoms with E-state index in [1.54, 1.807) is 19.2 Å². The zero-order valence-corrected chi connectivity index (χ0v) is 10.1. The number of nitrogens with two attached hydrogens (primary N) is 1. The van der Waals surface area contributed by atoms with Gasteiger partial charge in [0, 0.05) is 6.54 Å². The summed E-state index contributed by atoms with van der Waals surface area (Å²) in [5, 5.41) is 0. The molecule has 0 aliphatic rings. The molecule has 1 aromatic carbocycles. The van der Waals surface area contributed by atoms with Crippen LogP contribution < -0.4 is 10.5 Å². The van der Waals surface area contributed by atoms with Crippen molar-refractivity contribution in [1.82, 2.24) is 0 Å². The fraction of sp³-hybridized carbons (Fsp3) is 0.364. The van der Waals surface area contributed by atoms with Crippen molar-refractivity contribution in [3.05, 3.63) is 29.8 Å². The minimum absolute atomic E-state index is 0. The maximum atomic E-state index is 11.4. The van der Waals surface area contributed by atoms with Crippen molar-refractivity contribution in [2.45, 2.75) is 5.92 Å². The first-order valence-corrected chi connectivity index (χ1v) is 4.64. The number of rotatable bonds is 4. The first-order chi connectivity index (χ1) is 7.22. The molecular formula is C11H16ClNO3. The van der Waals surface area contributed by atoms with Crippen molar-refractivity contribution in [3.63, 3.8) is 0 Å². The van der Waals surface area contributed by atoms with Gasteiger partial charge in [-0.15, -0.1) is 12.4 Å². The van der Waals surface area contributed by atoms with Gasteiger partial charge < -0.3 is 15.2 Å². The van der Waals surface area contributed by atoms with Gasteiger partial charge >= 0.3 is 5.97 Å². The van der Waals surface area contributed by atoms with Gasteiger partial charge in [0.15, 0.2) is 0 Å². The third-order valence-corrected chi connectivity index (χ3v) is 2.24. The number of hydrogen-bond donors (Lipinski definition) is 1. The summed E-state index contributed by atoms with van der Waals surface area (Å²) in [4.78, 5) is 11.4. The normalized spacial score (nSPS) is 11.2. The summed E-state index contributed by atoms with van der Waals surface area (Å²) in [5.74, 6) is 0.0305. The van der Waals surface area contributed by atoms with Crippen LogP contribution in [0.3, 0.4) is 0 Å². The number of methoxy groups -OCH3 is 2. The van der Waals surface area contributed by atoms with Gasteiger partial charge in [-0.3, -0.25) is 4.79 Å². The van der Waals surface area contributed by atoms with Crippen LogP contribution >= 0.6 is 12.4 Å². The second-order valence-electron chi connectivity index (χ2n) is 3.08. The SMILES string of the molecule is COC(=O)C(CN)c1ccc(OC)cc1.Cl. The highest BCUT2D eigenvalue weighted by molar-refractivity contribution is 5.85. The zero-order valence-electron chi connectivity index (χ0n) is 9.30. The average molecular weight is 246 g/mol. The van der Waals surface area contributed by atoms with Crippen molar-refractivity contribution < 1.29 is 14.3 Å². The van der Waals surface area contributed by atoms with Crippen LogP contribution in [-0.4, -0.2) is 26.7 Å². The van der Waals surface area contributed by atoms with E-state index in [1.807, 2.05) is 12.1 Å². The van der Waals surface area contributed by atoms with E-state index in [1.165, 1.54) is 7.11 Å². The van der Waals surface area contributed by atoms with Crippen molar-refractivity contribution in [1.29, 1.82) is 0 Å². The molecule has 0 fully saturated rings. The second-order valence-corrected chi connectivity index (χ2v) is 3.08. The number of carbonyl (C=O) groups is 1. The number of ether oxygens (including phenoxy) is 2. The third kappa shape index (κ3) is 3.40. The molecule has 0 spiro atoms. The van der Waals surface area contributed by atoms with Gasteiger partial charge in [0.05, 0.1) is 20.1 Å². The minimum atomic E-state index is -0.402. The number of carbonyl (C=O) groups excluding carboxylic acids is 1. The van der Waals surface area contributed by atoms with E-state index in [-0.39, 0.29) is 24.9 Å². The monoisotopic (exact) mass is 245 g/mol. The predicted molar refractivity (Wildman–Crippen MR) is 64.1 cm³/mol. The average Bonchev–Trinajstić information content (AvgIpc) is 2.30. The van der Waals surface area contributed by atoms with E-state index < -0.39 is 5.92 Å². The molecule has 5 heteroatoms. The smallest absolute Gasteiger partial charge is 0.314 e. The lowest BCUT2D eigenvalue weighted by Gasteiger charge is -2.12. The van der Waals surface area contributed by atoms with Crippen LogP contribution in [0.4, 0.5) is 0 Å². The van der Waals surface area contributed by atoms with Crippen LogP contribution in [0.1, 0.15) is 11.5 Å². The number of hydrogen-bond acceptors (Lipinski definition) is 4. The topological polar surface area (TPSA) is 61.5 Å². The summed E-state index contributed by atoms with van der Waals surface area (Å²) in [6, 6.07) is 7.21. The highest BCUT2D eigenvalue weighted by Gasteiger charge is 2.19. The molecule has 0 saturated carbocycles. The van der Waals surface area contributed by atoms with Crippen LogP contribution in [0.25, 0.3) is 0 Å². The fourth-order valence-electron chi connectivity index (χ4n) is 1.35. The van der Waals surface area contributed by atoms with Gasteiger partial charge in [-0.25, -0.2) is 0 Å². The minimum Gasteiger partial charge on any atom is -0.497 e. The van der Waals surface area contributed by atoms with E-state index in [9.17, 15) is 4.79 Å². The Labute approximate surface area is 101 Å². The summed E-state index contributed by atoms with van der Waals surface area (Å²) >= 11 is 0. The van der Waals surface area contributed by atoms with E-state index in [2.05, 4.69) is 4.74 Å². The summed E-state index contributed by atoms with van der Waals surface area (Å²) in [5.41, 5.74) is 6.36. The molecule has 0 bridgehead atoms. The number of benzene rings is 1. The number of halogens is 1. The van der Waals surface area contributed by atoms with Crippen molar-refractivity contribution in [2.24, 2.45) is 5.73 Å². The molecule has 0 aliphatic heterocycles. The molecular weight excluding hydrogens is 230 g/mol. The summed E-state index contributed by atoms with van der Waals surface area (Å²) in [7, 11) is 2.95. The van der Waals surface area contributed by atoms with Crippen LogP contribution in [0.15, 0.2) is 24.3 Å². The largest absolute Gasteiger partial charge is 0.497 e. The van der Waals surface area contributed by atoms with Crippen molar-refractivity contribution in [2.75, 3.05) is 20.8 Å². The maximum absolute atomic E-state index is 11.4. The Hall–Kier alpha value is -1.26. The molecule has 16 heavy (non-hydrogen) atoms. The third-order valence-electron chi connectivity index (χ3n) is 2.24. The van der Waals surface area contributed by atoms with Crippen LogP contribution in [0.5, 0.6) is 5.75 Å². The van der Waals surface area contributed by atoms with Crippen molar-refractivity contribution >= 4 is 18.4 Å². The molecule has 1 unspecified atom stereocenters. The Morgan fingerprint density at radius 2 is 1.88 bits per heavy atom. The lowest BCUT2D eigenvalue weighted by atomic mass is 9.99. The van der Waals surface area contributed by atoms with E-state index in [0.717, 1.165) is 11.3 Å². The van der Waals surface area contributed by atoms with Gasteiger partial charge in [-0.1, -0.05) is 12.1 Å². The molecule has 0 aromatic heterocycles. The van der Waals surface area contributed by atoms with Crippen LogP contribution in [0, 0.1) is 0 Å². The van der Waals surface area contributed by atoms with Crippen molar-refractivity contribution in [3.8, 4) is 5.75 Å². The van der Waals surface area contributed by atoms with E-state index >= 15 is 0 Å². The Morgan fingerprint density at radius 1 is 1.31 bits per heavy atom. The molecule has 4 nitrogen and oxygen atoms in total. The van der Waals surface area contributed by atoms with E-state index in [0.29, 0.717) is 0 Å². The zero-order chi connectivity index (χ0) is 11.3. The molecule has 0 heterocycles. The highest BCUT2D eigenvalue weighted by atomic mass is 35.5. The van der Waals surface area contributed by atoms with Gasteiger partial charge in [-0.2, -0.15) is 0 Å². The Bertz CT molecular complexity index is 327. The predicted octanol–water partition coefficient (Wildman–Crippen LogP) is 1.33. The molecule has 0 amide bonds. The molecule has 1 atom stereocenters. The fourth-order valence-corrected chi connectivity index (χ4v) is 1.35. The Balaban J connectivity index is 0.00000225. The molecule has 0 radical (unpaired) electrons. The van der Waals surface area contributed by atoms with E-state index in [4.69, 9.17) is 10.5 Å². The summed E-state index contributed by atoms with van der Waals surface area (Å²) < 4.78 is 9.69. The number of esters is 1.